The largest absolute Gasteiger partial charge is 0.557 e. The fourth-order valence-electron chi connectivity index (χ4n) is 1.69. The van der Waals surface area contributed by atoms with Gasteiger partial charge in [0.25, 0.3) is 5.91 Å². The van der Waals surface area contributed by atoms with Gasteiger partial charge in [0, 0.05) is 6.54 Å². The van der Waals surface area contributed by atoms with Crippen LogP contribution in [0.25, 0.3) is 0 Å². The minimum Gasteiger partial charge on any atom is -0.392 e. The molecule has 1 fully saturated rings. The minimum absolute atomic E-state index is 0.105. The van der Waals surface area contributed by atoms with Crippen LogP contribution in [0.15, 0.2) is 6.20 Å². The monoisotopic (exact) mass is 334 g/mol. The van der Waals surface area contributed by atoms with E-state index in [1.54, 1.807) is 6.55 Å². The van der Waals surface area contributed by atoms with Gasteiger partial charge in [-0.15, -0.1) is 5.10 Å². The van der Waals surface area contributed by atoms with E-state index in [0.717, 1.165) is 0 Å². The van der Waals surface area contributed by atoms with E-state index in [-0.39, 0.29) is 5.69 Å². The van der Waals surface area contributed by atoms with Gasteiger partial charge in [0.1, 0.15) is 0 Å². The van der Waals surface area contributed by atoms with Gasteiger partial charge >= 0.3 is 27.6 Å². The van der Waals surface area contributed by atoms with Crippen molar-refractivity contribution in [3.63, 3.8) is 0 Å². The van der Waals surface area contributed by atoms with Crippen LogP contribution in [0.3, 0.4) is 0 Å². The van der Waals surface area contributed by atoms with E-state index in [1.807, 2.05) is 0 Å². The number of hydrogen-bond donors (Lipinski definition) is 3. The van der Waals surface area contributed by atoms with E-state index in [9.17, 15) is 14.4 Å². The molecule has 0 saturated carbocycles. The lowest BCUT2D eigenvalue weighted by atomic mass is 10.4. The summed E-state index contributed by atoms with van der Waals surface area (Å²) in [7, 11) is -7.44. The van der Waals surface area contributed by atoms with Gasteiger partial charge in [-0.1, -0.05) is 5.21 Å². The molecule has 1 aliphatic heterocycles. The zero-order chi connectivity index (χ0) is 14.8. The molecule has 13 heteroatoms. The minimum atomic E-state index is -2.62. The maximum Gasteiger partial charge on any atom is 0.557 e. The summed E-state index contributed by atoms with van der Waals surface area (Å²) in [5.41, 5.74) is 5.18. The molecule has 1 amide bonds. The van der Waals surface area contributed by atoms with Crippen molar-refractivity contribution in [1.29, 1.82) is 0 Å². The van der Waals surface area contributed by atoms with Crippen molar-refractivity contribution in [3.8, 4) is 0 Å². The molecular formula is C7H14N4O6Si3. The van der Waals surface area contributed by atoms with E-state index in [1.165, 1.54) is 10.9 Å². The van der Waals surface area contributed by atoms with E-state index >= 15 is 0 Å². The van der Waals surface area contributed by atoms with Gasteiger partial charge in [-0.25, -0.2) is 0 Å². The van der Waals surface area contributed by atoms with Crippen LogP contribution in [-0.4, -0.2) is 58.1 Å². The van der Waals surface area contributed by atoms with Crippen LogP contribution in [0, 0.1) is 0 Å². The van der Waals surface area contributed by atoms with Gasteiger partial charge in [-0.2, -0.15) is 0 Å². The third-order valence-electron chi connectivity index (χ3n) is 2.59. The molecule has 0 aromatic carbocycles. The number of carbonyl (C=O) groups is 1. The number of rotatable bonds is 5. The topological polar surface area (TPSA) is 142 Å². The molecule has 0 spiro atoms. The van der Waals surface area contributed by atoms with Crippen molar-refractivity contribution in [2.45, 2.75) is 25.6 Å². The van der Waals surface area contributed by atoms with Gasteiger partial charge in [-0.05, 0) is 19.0 Å². The lowest BCUT2D eigenvalue weighted by molar-refractivity contribution is 0.0995. The second-order valence-electron chi connectivity index (χ2n) is 4.31. The van der Waals surface area contributed by atoms with Crippen LogP contribution < -0.4 is 5.73 Å². The number of hydrogen-bond acceptors (Lipinski definition) is 8. The Labute approximate surface area is 119 Å². The van der Waals surface area contributed by atoms with Gasteiger partial charge < -0.3 is 27.7 Å². The molecule has 10 nitrogen and oxygen atoms in total. The number of amides is 1. The molecule has 0 bridgehead atoms. The Morgan fingerprint density at radius 1 is 1.50 bits per heavy atom. The summed E-state index contributed by atoms with van der Waals surface area (Å²) in [6.45, 7) is 2.25. The first-order valence-corrected chi connectivity index (χ1v) is 10.8. The number of nitrogens with two attached hydrogens (primary N) is 1. The normalized spacial score (nSPS) is 20.1. The molecule has 2 heterocycles. The van der Waals surface area contributed by atoms with E-state index in [4.69, 9.17) is 18.1 Å². The van der Waals surface area contributed by atoms with E-state index < -0.39 is 33.5 Å². The summed E-state index contributed by atoms with van der Waals surface area (Å²) in [6, 6.07) is 0.547. The summed E-state index contributed by atoms with van der Waals surface area (Å²) >= 11 is 0. The number of nitrogens with zero attached hydrogens (tertiary/aromatic N) is 3. The Morgan fingerprint density at radius 2 is 2.15 bits per heavy atom. The molecule has 4 N–H and O–H groups in total. The molecular weight excluding hydrogens is 320 g/mol. The lowest BCUT2D eigenvalue weighted by Gasteiger charge is -2.33. The predicted molar refractivity (Wildman–Crippen MR) is 68.8 cm³/mol. The fourth-order valence-corrected chi connectivity index (χ4v) is 8.49. The highest BCUT2D eigenvalue weighted by Gasteiger charge is 2.46. The molecule has 2 rings (SSSR count). The fraction of sp³-hybridized carbons (Fsp3) is 0.571. The first kappa shape index (κ1) is 15.4. The second kappa shape index (κ2) is 6.22. The molecule has 1 saturated heterocycles. The van der Waals surface area contributed by atoms with Crippen molar-refractivity contribution < 1.29 is 26.7 Å². The maximum absolute atomic E-state index is 10.9. The molecule has 1 aromatic heterocycles. The van der Waals surface area contributed by atoms with Gasteiger partial charge in [-0.3, -0.25) is 9.48 Å². The van der Waals surface area contributed by atoms with Crippen molar-refractivity contribution in [2.24, 2.45) is 5.73 Å². The molecule has 2 radical (unpaired) electrons. The first-order valence-electron chi connectivity index (χ1n) is 5.76. The van der Waals surface area contributed by atoms with Crippen molar-refractivity contribution in [2.75, 3.05) is 0 Å². The first-order chi connectivity index (χ1) is 9.38. The van der Waals surface area contributed by atoms with Crippen LogP contribution in [0.1, 0.15) is 16.9 Å². The average Bonchev–Trinajstić information content (AvgIpc) is 2.75. The Morgan fingerprint density at radius 3 is 2.70 bits per heavy atom. The molecule has 110 valence electrons. The van der Waals surface area contributed by atoms with Crippen LogP contribution in [0.2, 0.25) is 12.6 Å². The number of carbonyl (C=O) groups excluding carboxylic acids is 1. The van der Waals surface area contributed by atoms with Crippen LogP contribution in [0.4, 0.5) is 0 Å². The quantitative estimate of drug-likeness (QED) is 0.518. The lowest BCUT2D eigenvalue weighted by Crippen LogP contribution is -2.56. The number of aryl methyl sites for hydroxylation is 1. The van der Waals surface area contributed by atoms with E-state index in [0.29, 0.717) is 19.0 Å². The molecule has 20 heavy (non-hydrogen) atoms. The van der Waals surface area contributed by atoms with E-state index in [2.05, 4.69) is 10.3 Å². The standard InChI is InChI=1S/C7H14N4O6Si3/c1-20(16-18(13)15-19(14)17-20)4-2-3-11-5-6(7(8)12)9-10-11/h5,13-14H,2-4H2,1H3,(H2,8,12). The van der Waals surface area contributed by atoms with Crippen molar-refractivity contribution >= 4 is 33.5 Å². The molecule has 0 atom stereocenters. The van der Waals surface area contributed by atoms with Gasteiger partial charge in [0.15, 0.2) is 5.69 Å². The number of primary amides is 1. The summed E-state index contributed by atoms with van der Waals surface area (Å²) in [4.78, 5) is 29.7. The second-order valence-corrected chi connectivity index (χ2v) is 10.6. The number of aromatic nitrogens is 3. The molecule has 0 aliphatic carbocycles. The van der Waals surface area contributed by atoms with Gasteiger partial charge in [0.2, 0.25) is 0 Å². The average molecular weight is 334 g/mol. The summed E-state index contributed by atoms with van der Waals surface area (Å²) in [5.74, 6) is -0.631. The maximum atomic E-state index is 10.9. The zero-order valence-corrected chi connectivity index (χ0v) is 13.6. The van der Waals surface area contributed by atoms with Crippen molar-refractivity contribution in [3.05, 3.63) is 11.9 Å². The summed E-state index contributed by atoms with van der Waals surface area (Å²) in [6.07, 6.45) is 2.09. The summed E-state index contributed by atoms with van der Waals surface area (Å²) in [5, 5.41) is 7.38. The SMILES string of the molecule is C[Si]1(CCCn2cc(C(N)=O)nn2)O[Si](O)O[Si](O)O1. The van der Waals surface area contributed by atoms with Crippen molar-refractivity contribution in [1.82, 2.24) is 15.0 Å². The van der Waals surface area contributed by atoms with Crippen LogP contribution in [0.5, 0.6) is 0 Å². The molecule has 1 aliphatic rings. The Kier molecular flexibility index (Phi) is 4.81. The van der Waals surface area contributed by atoms with Crippen LogP contribution in [-0.2, 0) is 18.9 Å². The smallest absolute Gasteiger partial charge is 0.392 e. The highest BCUT2D eigenvalue weighted by atomic mass is 28.5. The molecule has 0 unspecified atom stereocenters. The highest BCUT2D eigenvalue weighted by molar-refractivity contribution is 6.79. The Hall–Kier alpha value is -0.939. The Balaban J connectivity index is 1.83. The Bertz CT molecular complexity index is 477. The third kappa shape index (κ3) is 4.03. The van der Waals surface area contributed by atoms with Gasteiger partial charge in [0.05, 0.1) is 6.20 Å². The molecule has 1 aromatic rings. The zero-order valence-electron chi connectivity index (χ0n) is 10.6. The third-order valence-corrected chi connectivity index (χ3v) is 10.1. The van der Waals surface area contributed by atoms with Crippen LogP contribution >= 0.6 is 0 Å². The highest BCUT2D eigenvalue weighted by Crippen LogP contribution is 2.22. The summed E-state index contributed by atoms with van der Waals surface area (Å²) < 4.78 is 16.8. The predicted octanol–water partition coefficient (Wildman–Crippen LogP) is -2.14.